The van der Waals surface area contributed by atoms with Crippen molar-refractivity contribution in [3.05, 3.63) is 159 Å². The number of pyridine rings is 2. The summed E-state index contributed by atoms with van der Waals surface area (Å²) >= 11 is 0. The molecule has 54 heavy (non-hydrogen) atoms. The van der Waals surface area contributed by atoms with E-state index in [2.05, 4.69) is 0 Å². The number of aromatic nitrogens is 2. The summed E-state index contributed by atoms with van der Waals surface area (Å²) in [7, 11) is 2.84. The van der Waals surface area contributed by atoms with Crippen LogP contribution < -0.4 is 25.5 Å². The molecule has 12 nitrogen and oxygen atoms in total. The van der Waals surface area contributed by atoms with Gasteiger partial charge in [0.15, 0.2) is 17.1 Å². The third kappa shape index (κ3) is 7.34. The Labute approximate surface area is 312 Å². The number of anilines is 1. The molecule has 0 saturated heterocycles. The van der Waals surface area contributed by atoms with Crippen LogP contribution in [0.25, 0.3) is 11.4 Å². The van der Waals surface area contributed by atoms with Crippen molar-refractivity contribution in [2.45, 2.75) is 32.0 Å². The highest BCUT2D eigenvalue weighted by Gasteiger charge is 2.52. The first-order valence-corrected chi connectivity index (χ1v) is 17.5. The van der Waals surface area contributed by atoms with E-state index in [0.29, 0.717) is 29.2 Å². The number of aliphatic hydroxyl groups is 2. The minimum absolute atomic E-state index is 0.0139. The van der Waals surface area contributed by atoms with Gasteiger partial charge in [-0.25, -0.2) is 0 Å². The molecule has 1 aliphatic heterocycles. The van der Waals surface area contributed by atoms with Crippen LogP contribution in [0.5, 0.6) is 11.5 Å². The summed E-state index contributed by atoms with van der Waals surface area (Å²) in [6.45, 7) is 2.10. The molecule has 3 heterocycles. The number of amides is 2. The van der Waals surface area contributed by atoms with E-state index in [9.17, 15) is 29.4 Å². The van der Waals surface area contributed by atoms with Crippen molar-refractivity contribution in [2.24, 2.45) is 5.92 Å². The fourth-order valence-electron chi connectivity index (χ4n) is 6.71. The van der Waals surface area contributed by atoms with Crippen LogP contribution >= 0.6 is 0 Å². The Kier molecular flexibility index (Phi) is 11.2. The smallest absolute Gasteiger partial charge is 0.297 e. The highest BCUT2D eigenvalue weighted by Crippen LogP contribution is 2.46. The van der Waals surface area contributed by atoms with E-state index in [1.165, 1.54) is 28.3 Å². The van der Waals surface area contributed by atoms with Crippen LogP contribution in [-0.4, -0.2) is 63.4 Å². The summed E-state index contributed by atoms with van der Waals surface area (Å²) in [5.41, 5.74) is 0.674. The second-order valence-electron chi connectivity index (χ2n) is 13.0. The van der Waals surface area contributed by atoms with Crippen LogP contribution in [0.4, 0.5) is 5.69 Å². The first-order chi connectivity index (χ1) is 26.1. The molecule has 0 radical (unpaired) electrons. The van der Waals surface area contributed by atoms with Gasteiger partial charge in [0, 0.05) is 54.8 Å². The monoisotopic (exact) mass is 730 g/mol. The number of rotatable bonds is 14. The Bertz CT molecular complexity index is 2280. The lowest BCUT2D eigenvalue weighted by Crippen LogP contribution is -2.44. The zero-order chi connectivity index (χ0) is 38.4. The van der Waals surface area contributed by atoms with Crippen molar-refractivity contribution in [2.75, 3.05) is 32.3 Å². The molecule has 0 spiro atoms. The molecule has 0 unspecified atom stereocenters. The van der Waals surface area contributed by atoms with E-state index in [-0.39, 0.29) is 49.1 Å². The van der Waals surface area contributed by atoms with Crippen molar-refractivity contribution in [3.63, 3.8) is 0 Å². The molecule has 2 N–H and O–H groups in total. The molecule has 12 heteroatoms. The Morgan fingerprint density at radius 3 is 2.04 bits per heavy atom. The number of carbonyl (C=O) groups is 2. The predicted molar refractivity (Wildman–Crippen MR) is 204 cm³/mol. The van der Waals surface area contributed by atoms with Gasteiger partial charge in [-0.3, -0.25) is 28.3 Å². The van der Waals surface area contributed by atoms with Gasteiger partial charge in [-0.15, -0.1) is 0 Å². The summed E-state index contributed by atoms with van der Waals surface area (Å²) in [5.74, 6) is -1.26. The van der Waals surface area contributed by atoms with Crippen molar-refractivity contribution >= 4 is 17.5 Å². The lowest BCUT2D eigenvalue weighted by Gasteiger charge is -2.28. The number of aliphatic hydroxyl groups excluding tert-OH is 1. The van der Waals surface area contributed by atoms with E-state index in [4.69, 9.17) is 9.47 Å². The molecule has 0 aliphatic carbocycles. The van der Waals surface area contributed by atoms with Crippen molar-refractivity contribution in [1.29, 1.82) is 0 Å². The summed E-state index contributed by atoms with van der Waals surface area (Å²) in [5, 5.41) is 22.1. The Balaban J connectivity index is 1.31. The molecule has 2 amide bonds. The van der Waals surface area contributed by atoms with Gasteiger partial charge in [-0.05, 0) is 65.7 Å². The van der Waals surface area contributed by atoms with Gasteiger partial charge in [-0.2, -0.15) is 0 Å². The lowest BCUT2D eigenvalue weighted by atomic mass is 9.82. The summed E-state index contributed by atoms with van der Waals surface area (Å²) in [4.78, 5) is 56.7. The van der Waals surface area contributed by atoms with Crippen LogP contribution in [0.15, 0.2) is 131 Å². The van der Waals surface area contributed by atoms with E-state index >= 15 is 0 Å². The van der Waals surface area contributed by atoms with Crippen LogP contribution in [0.2, 0.25) is 0 Å². The topological polar surface area (TPSA) is 144 Å². The van der Waals surface area contributed by atoms with Gasteiger partial charge in [-0.1, -0.05) is 61.5 Å². The van der Waals surface area contributed by atoms with E-state index < -0.39 is 23.0 Å². The van der Waals surface area contributed by atoms with Gasteiger partial charge >= 0.3 is 0 Å². The molecule has 278 valence electrons. The normalized spacial score (nSPS) is 15.6. The van der Waals surface area contributed by atoms with Crippen LogP contribution in [-0.2, 0) is 28.3 Å². The average molecular weight is 731 g/mol. The molecule has 0 saturated carbocycles. The fraction of sp³-hybridized carbons (Fsp3) is 0.238. The lowest BCUT2D eigenvalue weighted by molar-refractivity contribution is -0.139. The zero-order valence-electron chi connectivity index (χ0n) is 30.3. The van der Waals surface area contributed by atoms with Crippen molar-refractivity contribution in [1.82, 2.24) is 14.0 Å². The largest absolute Gasteiger partial charge is 0.491 e. The first kappa shape index (κ1) is 37.5. The average Bonchev–Trinajstić information content (AvgIpc) is 3.40. The highest BCUT2D eigenvalue weighted by molar-refractivity contribution is 6.07. The number of benzene rings is 3. The number of hydrogen-bond acceptors (Lipinski definition) is 8. The SMILES string of the molecule is COc1cccn(-c2ccc(CN3C(=O)[C@@](O)([C@@H](C)/C=C/CC(=O)N(CCO)Cc4ccccc4)c4cc(-n5cccc(OC)c5=O)ccc43)cc2)c1=O. The second kappa shape index (κ2) is 16.2. The molecule has 0 bridgehead atoms. The quantitative estimate of drug-likeness (QED) is 0.161. The molecule has 0 fully saturated rings. The zero-order valence-corrected chi connectivity index (χ0v) is 30.3. The summed E-state index contributed by atoms with van der Waals surface area (Å²) < 4.78 is 13.3. The molecular formula is C42H42N4O8. The third-order valence-corrected chi connectivity index (χ3v) is 9.67. The molecule has 2 aromatic heterocycles. The standard InChI is InChI=1S/C42H42N4O8/c1-29(10-7-15-38(48)43(24-25-47)27-30-11-5-4-6-12-30)42(52)34-26-33(45-23-9-14-37(54-3)40(45)50)20-21-35(34)46(41(42)51)28-31-16-18-32(19-17-31)44-22-8-13-36(53-2)39(44)49/h4-14,16-23,26,29,47,52H,15,24-25,27-28H2,1-3H3/b10-7+/t29-,42+/m0/s1. The maximum Gasteiger partial charge on any atom is 0.297 e. The number of carbonyl (C=O) groups excluding carboxylic acids is 2. The molecule has 2 atom stereocenters. The number of hydrogen-bond donors (Lipinski definition) is 2. The molecule has 1 aliphatic rings. The van der Waals surface area contributed by atoms with E-state index in [0.717, 1.165) is 11.1 Å². The maximum absolute atomic E-state index is 14.4. The summed E-state index contributed by atoms with van der Waals surface area (Å²) in [6, 6.07) is 28.2. The van der Waals surface area contributed by atoms with Gasteiger partial charge in [0.25, 0.3) is 17.0 Å². The molecule has 6 rings (SSSR count). The molecule has 5 aromatic rings. The van der Waals surface area contributed by atoms with Crippen LogP contribution in [0, 0.1) is 5.92 Å². The van der Waals surface area contributed by atoms with Crippen LogP contribution in [0.3, 0.4) is 0 Å². The van der Waals surface area contributed by atoms with Gasteiger partial charge in [0.1, 0.15) is 0 Å². The minimum atomic E-state index is -2.06. The van der Waals surface area contributed by atoms with Crippen molar-refractivity contribution < 1.29 is 29.3 Å². The minimum Gasteiger partial charge on any atom is -0.491 e. The highest BCUT2D eigenvalue weighted by atomic mass is 16.5. The van der Waals surface area contributed by atoms with Crippen LogP contribution in [0.1, 0.15) is 30.0 Å². The predicted octanol–water partition coefficient (Wildman–Crippen LogP) is 4.34. The Morgan fingerprint density at radius 1 is 0.815 bits per heavy atom. The maximum atomic E-state index is 14.4. The van der Waals surface area contributed by atoms with Gasteiger partial charge in [0.05, 0.1) is 33.1 Å². The van der Waals surface area contributed by atoms with Crippen molar-refractivity contribution in [3.8, 4) is 22.9 Å². The number of ether oxygens (including phenoxy) is 2. The van der Waals surface area contributed by atoms with E-state index in [1.807, 2.05) is 30.3 Å². The molecule has 3 aromatic carbocycles. The van der Waals surface area contributed by atoms with E-state index in [1.54, 1.807) is 103 Å². The van der Waals surface area contributed by atoms with Gasteiger partial charge < -0.3 is 29.5 Å². The first-order valence-electron chi connectivity index (χ1n) is 17.5. The number of nitrogens with zero attached hydrogens (tertiary/aromatic N) is 4. The van der Waals surface area contributed by atoms with Gasteiger partial charge in [0.2, 0.25) is 5.91 Å². The Morgan fingerprint density at radius 2 is 1.43 bits per heavy atom. The molecular weight excluding hydrogens is 688 g/mol. The summed E-state index contributed by atoms with van der Waals surface area (Å²) in [6.07, 6.45) is 6.48. The fourth-order valence-corrected chi connectivity index (χ4v) is 6.71. The third-order valence-electron chi connectivity index (χ3n) is 9.67. The number of methoxy groups -OCH3 is 2. The second-order valence-corrected chi connectivity index (χ2v) is 13.0. The number of fused-ring (bicyclic) bond motifs is 1. The Hall–Kier alpha value is -6.24.